The van der Waals surface area contributed by atoms with Crippen molar-refractivity contribution < 1.29 is 14.4 Å². The Hall–Kier alpha value is -2.54. The van der Waals surface area contributed by atoms with Gasteiger partial charge in [-0.1, -0.05) is 26.0 Å². The Morgan fingerprint density at radius 1 is 1.21 bits per heavy atom. The van der Waals surface area contributed by atoms with Crippen molar-refractivity contribution in [1.29, 1.82) is 0 Å². The van der Waals surface area contributed by atoms with Crippen LogP contribution in [-0.2, 0) is 14.4 Å². The highest BCUT2D eigenvalue weighted by Gasteiger charge is 2.51. The monoisotopic (exact) mass is 411 g/mol. The van der Waals surface area contributed by atoms with Gasteiger partial charge in [-0.25, -0.2) is 4.98 Å². The van der Waals surface area contributed by atoms with Crippen LogP contribution in [0, 0.1) is 24.7 Å². The Kier molecular flexibility index (Phi) is 5.25. The molecular formula is C22H25N3O3S. The first-order valence-electron chi connectivity index (χ1n) is 10.0. The number of nitrogens with zero attached hydrogens (tertiary/aromatic N) is 2. The lowest BCUT2D eigenvalue weighted by molar-refractivity contribution is -0.147. The van der Waals surface area contributed by atoms with Crippen molar-refractivity contribution in [2.45, 2.75) is 46.1 Å². The lowest BCUT2D eigenvalue weighted by Gasteiger charge is -2.27. The second-order valence-corrected chi connectivity index (χ2v) is 9.49. The van der Waals surface area contributed by atoms with E-state index in [1.807, 2.05) is 51.1 Å². The van der Waals surface area contributed by atoms with Crippen molar-refractivity contribution in [2.75, 3.05) is 5.32 Å². The fourth-order valence-electron chi connectivity index (χ4n) is 4.25. The number of aryl methyl sites for hydroxylation is 1. The lowest BCUT2D eigenvalue weighted by Crippen LogP contribution is -2.48. The topological polar surface area (TPSA) is 79.4 Å². The third kappa shape index (κ3) is 3.71. The minimum Gasteiger partial charge on any atom is -0.324 e. The van der Waals surface area contributed by atoms with E-state index < -0.39 is 6.04 Å². The predicted octanol–water partition coefficient (Wildman–Crippen LogP) is 3.91. The molecule has 1 aromatic heterocycles. The zero-order chi connectivity index (χ0) is 20.7. The minimum absolute atomic E-state index is 0.165. The fraction of sp³-hybridized carbons (Fsp3) is 0.455. The number of hydrogen-bond donors (Lipinski definition) is 1. The van der Waals surface area contributed by atoms with Crippen LogP contribution in [0.2, 0.25) is 0 Å². The van der Waals surface area contributed by atoms with Gasteiger partial charge in [-0.15, -0.1) is 11.3 Å². The molecule has 1 aliphatic heterocycles. The zero-order valence-corrected chi connectivity index (χ0v) is 17.7. The molecule has 0 bridgehead atoms. The van der Waals surface area contributed by atoms with Crippen LogP contribution in [0.15, 0.2) is 30.4 Å². The van der Waals surface area contributed by atoms with E-state index in [2.05, 4.69) is 10.3 Å². The number of likely N-dealkylation sites (tertiary alicyclic amines) is 1. The van der Waals surface area contributed by atoms with Crippen molar-refractivity contribution in [2.24, 2.45) is 17.8 Å². The van der Waals surface area contributed by atoms with Gasteiger partial charge < -0.3 is 5.32 Å². The quantitative estimate of drug-likeness (QED) is 0.598. The summed E-state index contributed by atoms with van der Waals surface area (Å²) in [6, 6.07) is 4.78. The van der Waals surface area contributed by atoms with Crippen LogP contribution in [0.1, 0.15) is 38.1 Å². The zero-order valence-electron chi connectivity index (χ0n) is 16.8. The number of aromatic nitrogens is 1. The summed E-state index contributed by atoms with van der Waals surface area (Å²) in [5.74, 6) is -1.22. The summed E-state index contributed by atoms with van der Waals surface area (Å²) in [6.07, 6.45) is 5.50. The summed E-state index contributed by atoms with van der Waals surface area (Å²) in [5, 5.41) is 3.89. The first-order chi connectivity index (χ1) is 13.8. The van der Waals surface area contributed by atoms with Gasteiger partial charge in [-0.2, -0.15) is 0 Å². The molecule has 2 heterocycles. The van der Waals surface area contributed by atoms with E-state index in [0.29, 0.717) is 24.9 Å². The van der Waals surface area contributed by atoms with Gasteiger partial charge in [0.1, 0.15) is 6.04 Å². The largest absolute Gasteiger partial charge is 0.324 e. The van der Waals surface area contributed by atoms with E-state index >= 15 is 0 Å². The molecule has 2 aromatic rings. The molecule has 1 saturated heterocycles. The molecule has 3 amide bonds. The first kappa shape index (κ1) is 19.8. The van der Waals surface area contributed by atoms with Crippen LogP contribution in [0.5, 0.6) is 0 Å². The number of hydrogen-bond acceptors (Lipinski definition) is 5. The highest BCUT2D eigenvalue weighted by Crippen LogP contribution is 2.37. The molecular weight excluding hydrogens is 386 g/mol. The molecule has 7 heteroatoms. The number of carbonyl (C=O) groups is 3. The standard InChI is InChI=1S/C22H25N3O3S/c1-12(2)10-18(25-21(27)15-6-4-5-7-16(15)22(25)28)20(26)24-14-8-9-17-19(11-14)29-13(3)23-17/h4-5,8-9,11-12,15-16,18H,6-7,10H2,1-3H3,(H,24,26)/t15-,16-,18-/m0/s1. The van der Waals surface area contributed by atoms with Crippen LogP contribution in [0.3, 0.4) is 0 Å². The molecule has 6 nitrogen and oxygen atoms in total. The number of thiazole rings is 1. The molecule has 1 fully saturated rings. The molecule has 4 rings (SSSR count). The van der Waals surface area contributed by atoms with Gasteiger partial charge in [0.15, 0.2) is 0 Å². The van der Waals surface area contributed by atoms with Gasteiger partial charge in [0.05, 0.1) is 27.1 Å². The normalized spacial score (nSPS) is 22.4. The fourth-order valence-corrected chi connectivity index (χ4v) is 5.12. The molecule has 152 valence electrons. The maximum absolute atomic E-state index is 13.2. The van der Waals surface area contributed by atoms with Crippen LogP contribution in [0.25, 0.3) is 10.2 Å². The smallest absolute Gasteiger partial charge is 0.247 e. The van der Waals surface area contributed by atoms with Gasteiger partial charge in [-0.3, -0.25) is 19.3 Å². The number of amides is 3. The summed E-state index contributed by atoms with van der Waals surface area (Å²) in [6.45, 7) is 5.93. The van der Waals surface area contributed by atoms with E-state index in [4.69, 9.17) is 0 Å². The van der Waals surface area contributed by atoms with Crippen molar-refractivity contribution >= 4 is 45.0 Å². The number of benzene rings is 1. The second kappa shape index (κ2) is 7.71. The van der Waals surface area contributed by atoms with E-state index in [0.717, 1.165) is 15.2 Å². The summed E-state index contributed by atoms with van der Waals surface area (Å²) < 4.78 is 0.992. The van der Waals surface area contributed by atoms with Crippen molar-refractivity contribution in [1.82, 2.24) is 9.88 Å². The Morgan fingerprint density at radius 3 is 2.48 bits per heavy atom. The lowest BCUT2D eigenvalue weighted by atomic mass is 9.85. The molecule has 0 radical (unpaired) electrons. The molecule has 0 spiro atoms. The number of carbonyl (C=O) groups excluding carboxylic acids is 3. The van der Waals surface area contributed by atoms with Gasteiger partial charge in [-0.05, 0) is 50.3 Å². The molecule has 29 heavy (non-hydrogen) atoms. The van der Waals surface area contributed by atoms with Crippen LogP contribution < -0.4 is 5.32 Å². The molecule has 0 unspecified atom stereocenters. The highest BCUT2D eigenvalue weighted by atomic mass is 32.1. The molecule has 0 saturated carbocycles. The summed E-state index contributed by atoms with van der Waals surface area (Å²) >= 11 is 1.56. The second-order valence-electron chi connectivity index (χ2n) is 8.25. The van der Waals surface area contributed by atoms with Crippen molar-refractivity contribution in [3.63, 3.8) is 0 Å². The Bertz CT molecular complexity index is 984. The van der Waals surface area contributed by atoms with Crippen molar-refractivity contribution in [3.8, 4) is 0 Å². The van der Waals surface area contributed by atoms with E-state index in [1.165, 1.54) is 4.90 Å². The Morgan fingerprint density at radius 2 is 1.86 bits per heavy atom. The first-order valence-corrected chi connectivity index (χ1v) is 10.9. The SMILES string of the molecule is Cc1nc2ccc(NC(=O)[C@H](CC(C)C)N3C(=O)[C@H]4CC=CC[C@@H]4C3=O)cc2s1. The maximum Gasteiger partial charge on any atom is 0.247 e. The Labute approximate surface area is 174 Å². The van der Waals surface area contributed by atoms with E-state index in [1.54, 1.807) is 11.3 Å². The third-order valence-corrected chi connectivity index (χ3v) is 6.55. The number of rotatable bonds is 5. The maximum atomic E-state index is 13.2. The van der Waals surface area contributed by atoms with E-state index in [-0.39, 0.29) is 35.5 Å². The molecule has 1 aliphatic carbocycles. The summed E-state index contributed by atoms with van der Waals surface area (Å²) in [4.78, 5) is 44.9. The van der Waals surface area contributed by atoms with Gasteiger partial charge in [0.25, 0.3) is 0 Å². The van der Waals surface area contributed by atoms with Crippen molar-refractivity contribution in [3.05, 3.63) is 35.4 Å². The van der Waals surface area contributed by atoms with Crippen LogP contribution >= 0.6 is 11.3 Å². The summed E-state index contributed by atoms with van der Waals surface area (Å²) in [7, 11) is 0. The number of fused-ring (bicyclic) bond motifs is 2. The van der Waals surface area contributed by atoms with Crippen LogP contribution in [0.4, 0.5) is 5.69 Å². The van der Waals surface area contributed by atoms with E-state index in [9.17, 15) is 14.4 Å². The molecule has 2 aliphatic rings. The van der Waals surface area contributed by atoms with Crippen LogP contribution in [-0.4, -0.2) is 33.6 Å². The minimum atomic E-state index is -0.792. The molecule has 3 atom stereocenters. The molecule has 1 N–H and O–H groups in total. The highest BCUT2D eigenvalue weighted by molar-refractivity contribution is 7.18. The number of anilines is 1. The third-order valence-electron chi connectivity index (χ3n) is 5.61. The number of imide groups is 1. The Balaban J connectivity index is 1.59. The van der Waals surface area contributed by atoms with Gasteiger partial charge in [0.2, 0.25) is 17.7 Å². The average Bonchev–Trinajstić information content (AvgIpc) is 3.16. The number of nitrogens with one attached hydrogen (secondary N) is 1. The molecule has 1 aromatic carbocycles. The van der Waals surface area contributed by atoms with Gasteiger partial charge >= 0.3 is 0 Å². The van der Waals surface area contributed by atoms with Gasteiger partial charge in [0, 0.05) is 5.69 Å². The predicted molar refractivity (Wildman–Crippen MR) is 113 cm³/mol. The number of allylic oxidation sites excluding steroid dienone is 2. The summed E-state index contributed by atoms with van der Waals surface area (Å²) in [5.41, 5.74) is 1.55. The average molecular weight is 412 g/mol.